The molecule has 3 nitrogen and oxygen atoms in total. The van der Waals surface area contributed by atoms with Gasteiger partial charge in [-0.3, -0.25) is 0 Å². The molecule has 0 saturated carbocycles. The molecule has 0 unspecified atom stereocenters. The Labute approximate surface area is 94.8 Å². The van der Waals surface area contributed by atoms with E-state index in [2.05, 4.69) is 24.0 Å². The van der Waals surface area contributed by atoms with Crippen molar-refractivity contribution in [3.05, 3.63) is 53.7 Å². The highest BCUT2D eigenvalue weighted by Crippen LogP contribution is 2.19. The molecular weight excluding hydrogens is 202 g/mol. The minimum atomic E-state index is -0.0679. The van der Waals surface area contributed by atoms with Crippen LogP contribution in [-0.4, -0.2) is 10.1 Å². The fourth-order valence-electron chi connectivity index (χ4n) is 1.68. The first-order chi connectivity index (χ1) is 7.79. The number of rotatable bonds is 4. The highest BCUT2D eigenvalue weighted by Gasteiger charge is 2.12. The summed E-state index contributed by atoms with van der Waals surface area (Å²) >= 11 is 0. The number of hydrogen-bond acceptors (Lipinski definition) is 3. The van der Waals surface area contributed by atoms with E-state index in [9.17, 15) is 0 Å². The van der Waals surface area contributed by atoms with E-state index in [-0.39, 0.29) is 12.5 Å². The number of aliphatic hydroxyl groups is 1. The molecule has 1 atom stereocenters. The monoisotopic (exact) mass is 217 g/mol. The average molecular weight is 217 g/mol. The van der Waals surface area contributed by atoms with Crippen LogP contribution in [0.5, 0.6) is 0 Å². The molecule has 0 bridgehead atoms. The molecule has 16 heavy (non-hydrogen) atoms. The van der Waals surface area contributed by atoms with E-state index in [0.717, 1.165) is 6.42 Å². The summed E-state index contributed by atoms with van der Waals surface area (Å²) in [6.45, 7) is 2.00. The van der Waals surface area contributed by atoms with Crippen LogP contribution in [0.15, 0.2) is 41.0 Å². The Balaban J connectivity index is 2.05. The van der Waals surface area contributed by atoms with Gasteiger partial charge in [0.1, 0.15) is 12.0 Å². The molecule has 2 rings (SSSR count). The first-order valence-electron chi connectivity index (χ1n) is 5.38. The van der Waals surface area contributed by atoms with Gasteiger partial charge in [0.25, 0.3) is 0 Å². The van der Waals surface area contributed by atoms with E-state index < -0.39 is 0 Å². The smallest absolute Gasteiger partial charge is 0.197 e. The molecule has 0 radical (unpaired) electrons. The Morgan fingerprint density at radius 2 is 2.06 bits per heavy atom. The highest BCUT2D eigenvalue weighted by atomic mass is 16.3. The fraction of sp³-hybridized carbons (Fsp3) is 0.308. The number of hydrogen-bond donors (Lipinski definition) is 1. The van der Waals surface area contributed by atoms with Gasteiger partial charge in [-0.15, -0.1) is 0 Å². The summed E-state index contributed by atoms with van der Waals surface area (Å²) in [5, 5.41) is 8.90. The van der Waals surface area contributed by atoms with Gasteiger partial charge in [-0.1, -0.05) is 37.3 Å². The quantitative estimate of drug-likeness (QED) is 0.855. The van der Waals surface area contributed by atoms with Gasteiger partial charge in [-0.2, -0.15) is 0 Å². The van der Waals surface area contributed by atoms with E-state index >= 15 is 0 Å². The molecule has 1 aromatic carbocycles. The molecule has 0 saturated heterocycles. The van der Waals surface area contributed by atoms with E-state index in [0.29, 0.717) is 11.6 Å². The second-order valence-electron chi connectivity index (χ2n) is 3.93. The van der Waals surface area contributed by atoms with Crippen LogP contribution in [0.25, 0.3) is 0 Å². The van der Waals surface area contributed by atoms with Gasteiger partial charge in [0.05, 0.1) is 6.61 Å². The standard InChI is InChI=1S/C13H15NO2/c1-10(7-11-5-3-2-4-6-11)13-14-12(8-15)9-16-13/h2-6,9-10,15H,7-8H2,1H3/t10-/m1/s1. The zero-order chi connectivity index (χ0) is 11.4. The third-order valence-electron chi connectivity index (χ3n) is 2.54. The molecule has 0 aliphatic carbocycles. The third kappa shape index (κ3) is 2.49. The molecule has 1 N–H and O–H groups in total. The second-order valence-corrected chi connectivity index (χ2v) is 3.93. The first-order valence-corrected chi connectivity index (χ1v) is 5.38. The molecule has 2 aromatic rings. The maximum absolute atomic E-state index is 8.90. The summed E-state index contributed by atoms with van der Waals surface area (Å²) in [6.07, 6.45) is 2.41. The van der Waals surface area contributed by atoms with Crippen molar-refractivity contribution in [1.29, 1.82) is 0 Å². The predicted octanol–water partition coefficient (Wildman–Crippen LogP) is 2.51. The lowest BCUT2D eigenvalue weighted by molar-refractivity contribution is 0.276. The molecule has 1 heterocycles. The Morgan fingerprint density at radius 1 is 1.31 bits per heavy atom. The van der Waals surface area contributed by atoms with Crippen molar-refractivity contribution in [2.45, 2.75) is 25.9 Å². The zero-order valence-electron chi connectivity index (χ0n) is 9.26. The van der Waals surface area contributed by atoms with E-state index in [4.69, 9.17) is 9.52 Å². The highest BCUT2D eigenvalue weighted by molar-refractivity contribution is 5.17. The van der Waals surface area contributed by atoms with Crippen molar-refractivity contribution in [3.63, 3.8) is 0 Å². The lowest BCUT2D eigenvalue weighted by atomic mass is 10.0. The van der Waals surface area contributed by atoms with Crippen molar-refractivity contribution < 1.29 is 9.52 Å². The van der Waals surface area contributed by atoms with Gasteiger partial charge in [0.15, 0.2) is 5.89 Å². The largest absolute Gasteiger partial charge is 0.448 e. The van der Waals surface area contributed by atoms with Crippen LogP contribution in [0.1, 0.15) is 30.0 Å². The number of aromatic nitrogens is 1. The summed E-state index contributed by atoms with van der Waals surface area (Å²) in [5.41, 5.74) is 1.86. The van der Waals surface area contributed by atoms with Crippen molar-refractivity contribution in [2.75, 3.05) is 0 Å². The molecule has 0 aliphatic heterocycles. The van der Waals surface area contributed by atoms with E-state index in [1.165, 1.54) is 11.8 Å². The minimum Gasteiger partial charge on any atom is -0.448 e. The molecule has 0 spiro atoms. The Hall–Kier alpha value is -1.61. The molecule has 0 amide bonds. The van der Waals surface area contributed by atoms with Crippen molar-refractivity contribution in [1.82, 2.24) is 4.98 Å². The van der Waals surface area contributed by atoms with Gasteiger partial charge in [0.2, 0.25) is 0 Å². The van der Waals surface area contributed by atoms with Gasteiger partial charge < -0.3 is 9.52 Å². The lowest BCUT2D eigenvalue weighted by Crippen LogP contribution is -1.99. The van der Waals surface area contributed by atoms with Gasteiger partial charge in [-0.05, 0) is 12.0 Å². The summed E-state index contributed by atoms with van der Waals surface area (Å²) in [7, 11) is 0. The summed E-state index contributed by atoms with van der Waals surface area (Å²) in [4.78, 5) is 4.21. The fourth-order valence-corrected chi connectivity index (χ4v) is 1.68. The SMILES string of the molecule is C[C@H](Cc1ccccc1)c1nc(CO)co1. The molecule has 84 valence electrons. The number of nitrogens with zero attached hydrogens (tertiary/aromatic N) is 1. The summed E-state index contributed by atoms with van der Waals surface area (Å²) in [5.74, 6) is 0.913. The minimum absolute atomic E-state index is 0.0679. The van der Waals surface area contributed by atoms with Crippen LogP contribution < -0.4 is 0 Å². The van der Waals surface area contributed by atoms with Crippen molar-refractivity contribution in [3.8, 4) is 0 Å². The Kier molecular flexibility index (Phi) is 3.37. The third-order valence-corrected chi connectivity index (χ3v) is 2.54. The van der Waals surface area contributed by atoms with Gasteiger partial charge in [-0.25, -0.2) is 4.98 Å². The number of oxazole rings is 1. The van der Waals surface area contributed by atoms with Gasteiger partial charge >= 0.3 is 0 Å². The van der Waals surface area contributed by atoms with Crippen LogP contribution in [0.4, 0.5) is 0 Å². The van der Waals surface area contributed by atoms with Gasteiger partial charge in [0, 0.05) is 5.92 Å². The summed E-state index contributed by atoms with van der Waals surface area (Å²) < 4.78 is 5.32. The lowest BCUT2D eigenvalue weighted by Gasteiger charge is -2.06. The molecule has 3 heteroatoms. The van der Waals surface area contributed by atoms with Crippen LogP contribution in [0.3, 0.4) is 0 Å². The Morgan fingerprint density at radius 3 is 2.69 bits per heavy atom. The van der Waals surface area contributed by atoms with Crippen LogP contribution in [0.2, 0.25) is 0 Å². The molecule has 0 aliphatic rings. The van der Waals surface area contributed by atoms with Crippen LogP contribution in [-0.2, 0) is 13.0 Å². The average Bonchev–Trinajstić information content (AvgIpc) is 2.79. The maximum atomic E-state index is 8.90. The first kappa shape index (κ1) is 10.9. The Bertz CT molecular complexity index is 436. The molecule has 1 aromatic heterocycles. The van der Waals surface area contributed by atoms with E-state index in [1.54, 1.807) is 0 Å². The molecule has 0 fully saturated rings. The van der Waals surface area contributed by atoms with Crippen LogP contribution in [0, 0.1) is 0 Å². The second kappa shape index (κ2) is 4.94. The molecular formula is C13H15NO2. The van der Waals surface area contributed by atoms with Crippen molar-refractivity contribution in [2.24, 2.45) is 0 Å². The number of benzene rings is 1. The normalized spacial score (nSPS) is 12.6. The van der Waals surface area contributed by atoms with Crippen LogP contribution >= 0.6 is 0 Å². The number of aliphatic hydroxyl groups excluding tert-OH is 1. The predicted molar refractivity (Wildman–Crippen MR) is 61.0 cm³/mol. The zero-order valence-corrected chi connectivity index (χ0v) is 9.26. The van der Waals surface area contributed by atoms with E-state index in [1.807, 2.05) is 18.2 Å². The van der Waals surface area contributed by atoms with Crippen molar-refractivity contribution >= 4 is 0 Å². The summed E-state index contributed by atoms with van der Waals surface area (Å²) in [6, 6.07) is 10.2. The topological polar surface area (TPSA) is 46.3 Å². The maximum Gasteiger partial charge on any atom is 0.197 e.